The van der Waals surface area contributed by atoms with Crippen LogP contribution in [0.15, 0.2) is 47.5 Å². The van der Waals surface area contributed by atoms with Crippen molar-refractivity contribution in [1.29, 1.82) is 0 Å². The molecule has 1 aromatic heterocycles. The highest BCUT2D eigenvalue weighted by Gasteiger charge is 2.24. The van der Waals surface area contributed by atoms with Crippen molar-refractivity contribution in [3.63, 3.8) is 0 Å². The first-order valence-electron chi connectivity index (χ1n) is 8.49. The van der Waals surface area contributed by atoms with Crippen LogP contribution >= 0.6 is 23.2 Å². The lowest BCUT2D eigenvalue weighted by Gasteiger charge is -2.11. The fourth-order valence-electron chi connectivity index (χ4n) is 3.52. The third-order valence-electron chi connectivity index (χ3n) is 4.67. The normalized spacial score (nSPS) is 15.2. The topological polar surface area (TPSA) is 37.5 Å². The molecule has 128 valence electrons. The van der Waals surface area contributed by atoms with Crippen molar-refractivity contribution < 1.29 is 5.11 Å². The third-order valence-corrected chi connectivity index (χ3v) is 5.28. The second-order valence-electron chi connectivity index (χ2n) is 6.26. The SMILES string of the molecule is Oc1c(C2=NCCCCC2)c2ccccc2n1-c1c(Cl)cccc1Cl. The summed E-state index contributed by atoms with van der Waals surface area (Å²) in [5, 5.41) is 13.1. The van der Waals surface area contributed by atoms with E-state index in [4.69, 9.17) is 28.2 Å². The van der Waals surface area contributed by atoms with Crippen LogP contribution in [-0.4, -0.2) is 21.9 Å². The van der Waals surface area contributed by atoms with E-state index in [2.05, 4.69) is 0 Å². The van der Waals surface area contributed by atoms with Crippen LogP contribution in [0.25, 0.3) is 16.6 Å². The summed E-state index contributed by atoms with van der Waals surface area (Å²) < 4.78 is 1.74. The predicted octanol–water partition coefficient (Wildman–Crippen LogP) is 6.01. The monoisotopic (exact) mass is 372 g/mol. The van der Waals surface area contributed by atoms with Gasteiger partial charge in [0.1, 0.15) is 0 Å². The van der Waals surface area contributed by atoms with Gasteiger partial charge in [-0.15, -0.1) is 0 Å². The van der Waals surface area contributed by atoms with Crippen LogP contribution in [-0.2, 0) is 0 Å². The Morgan fingerprint density at radius 2 is 1.68 bits per heavy atom. The number of hydrogen-bond acceptors (Lipinski definition) is 2. The molecule has 1 aliphatic rings. The minimum atomic E-state index is 0.150. The van der Waals surface area contributed by atoms with Crippen molar-refractivity contribution in [2.24, 2.45) is 4.99 Å². The van der Waals surface area contributed by atoms with E-state index in [1.807, 2.05) is 24.3 Å². The lowest BCUT2D eigenvalue weighted by molar-refractivity contribution is 0.444. The van der Waals surface area contributed by atoms with Gasteiger partial charge in [0.15, 0.2) is 0 Å². The van der Waals surface area contributed by atoms with E-state index < -0.39 is 0 Å². The summed E-state index contributed by atoms with van der Waals surface area (Å²) in [7, 11) is 0. The number of para-hydroxylation sites is 2. The van der Waals surface area contributed by atoms with Crippen molar-refractivity contribution >= 4 is 39.8 Å². The largest absolute Gasteiger partial charge is 0.494 e. The van der Waals surface area contributed by atoms with Crippen LogP contribution in [0, 0.1) is 0 Å². The molecule has 4 rings (SSSR count). The molecule has 0 fully saturated rings. The number of aliphatic imine (C=N–C) groups is 1. The van der Waals surface area contributed by atoms with Gasteiger partial charge in [0.2, 0.25) is 5.88 Å². The summed E-state index contributed by atoms with van der Waals surface area (Å²) in [6, 6.07) is 13.3. The molecule has 0 unspecified atom stereocenters. The third kappa shape index (κ3) is 2.82. The van der Waals surface area contributed by atoms with Gasteiger partial charge in [0.25, 0.3) is 0 Å². The fraction of sp³-hybridized carbons (Fsp3) is 0.250. The summed E-state index contributed by atoms with van der Waals surface area (Å²) >= 11 is 12.8. The molecule has 0 radical (unpaired) electrons. The van der Waals surface area contributed by atoms with E-state index in [-0.39, 0.29) is 5.88 Å². The highest BCUT2D eigenvalue weighted by Crippen LogP contribution is 2.40. The van der Waals surface area contributed by atoms with Gasteiger partial charge < -0.3 is 5.11 Å². The van der Waals surface area contributed by atoms with Crippen molar-refractivity contribution in [2.75, 3.05) is 6.54 Å². The minimum Gasteiger partial charge on any atom is -0.494 e. The molecule has 0 bridgehead atoms. The average molecular weight is 373 g/mol. The molecule has 0 saturated heterocycles. The molecule has 0 atom stereocenters. The average Bonchev–Trinajstić information content (AvgIpc) is 2.77. The molecule has 0 spiro atoms. The van der Waals surface area contributed by atoms with Crippen LogP contribution in [0.5, 0.6) is 5.88 Å². The molecule has 1 N–H and O–H groups in total. The van der Waals surface area contributed by atoms with Gasteiger partial charge in [-0.1, -0.05) is 53.9 Å². The molecule has 25 heavy (non-hydrogen) atoms. The summed E-state index contributed by atoms with van der Waals surface area (Å²) in [6.45, 7) is 0.807. The highest BCUT2D eigenvalue weighted by atomic mass is 35.5. The zero-order valence-electron chi connectivity index (χ0n) is 13.7. The van der Waals surface area contributed by atoms with E-state index in [0.29, 0.717) is 15.7 Å². The standard InChI is InChI=1S/C20H18Cl2N2O/c21-14-8-6-9-15(22)19(14)24-17-11-4-3-7-13(17)18(20(24)25)16-10-2-1-5-12-23-16/h3-4,6-9,11,25H,1-2,5,10,12H2. The minimum absolute atomic E-state index is 0.150. The van der Waals surface area contributed by atoms with Crippen molar-refractivity contribution in [1.82, 2.24) is 4.57 Å². The number of benzene rings is 2. The Labute approximate surface area is 156 Å². The van der Waals surface area contributed by atoms with Crippen LogP contribution in [0.3, 0.4) is 0 Å². The maximum atomic E-state index is 11.1. The van der Waals surface area contributed by atoms with Gasteiger partial charge in [0.05, 0.1) is 26.8 Å². The van der Waals surface area contributed by atoms with Gasteiger partial charge in [-0.05, 0) is 37.5 Å². The highest BCUT2D eigenvalue weighted by molar-refractivity contribution is 6.38. The summed E-state index contributed by atoms with van der Waals surface area (Å²) in [6.07, 6.45) is 4.23. The number of rotatable bonds is 2. The molecular weight excluding hydrogens is 355 g/mol. The van der Waals surface area contributed by atoms with E-state index >= 15 is 0 Å². The van der Waals surface area contributed by atoms with Crippen molar-refractivity contribution in [3.8, 4) is 11.6 Å². The number of fused-ring (bicyclic) bond motifs is 1. The van der Waals surface area contributed by atoms with Crippen molar-refractivity contribution in [2.45, 2.75) is 25.7 Å². The Morgan fingerprint density at radius 3 is 2.48 bits per heavy atom. The molecule has 0 aliphatic carbocycles. The lowest BCUT2D eigenvalue weighted by Crippen LogP contribution is -2.01. The molecule has 1 aliphatic heterocycles. The first-order valence-corrected chi connectivity index (χ1v) is 9.24. The van der Waals surface area contributed by atoms with Crippen molar-refractivity contribution in [3.05, 3.63) is 58.1 Å². The zero-order chi connectivity index (χ0) is 17.4. The van der Waals surface area contributed by atoms with Crippen LogP contribution < -0.4 is 0 Å². The fourth-order valence-corrected chi connectivity index (χ4v) is 4.08. The van der Waals surface area contributed by atoms with Gasteiger partial charge in [-0.3, -0.25) is 9.56 Å². The van der Waals surface area contributed by atoms with E-state index in [0.717, 1.165) is 48.0 Å². The van der Waals surface area contributed by atoms with Crippen LogP contribution in [0.4, 0.5) is 0 Å². The number of aromatic nitrogens is 1. The molecule has 5 heteroatoms. The number of hydrogen-bond donors (Lipinski definition) is 1. The molecule has 3 nitrogen and oxygen atoms in total. The molecule has 0 amide bonds. The number of aromatic hydroxyl groups is 1. The van der Waals surface area contributed by atoms with Gasteiger partial charge >= 0.3 is 0 Å². The Hall–Kier alpha value is -1.97. The lowest BCUT2D eigenvalue weighted by atomic mass is 10.0. The van der Waals surface area contributed by atoms with Gasteiger partial charge in [-0.25, -0.2) is 0 Å². The molecule has 3 aromatic rings. The quantitative estimate of drug-likeness (QED) is 0.587. The van der Waals surface area contributed by atoms with Gasteiger partial charge in [-0.2, -0.15) is 0 Å². The number of halogens is 2. The summed E-state index contributed by atoms with van der Waals surface area (Å²) in [5.41, 5.74) is 3.23. The van der Waals surface area contributed by atoms with E-state index in [9.17, 15) is 5.11 Å². The Balaban J connectivity index is 2.04. The second kappa shape index (κ2) is 6.74. The van der Waals surface area contributed by atoms with Crippen LogP contribution in [0.2, 0.25) is 10.0 Å². The van der Waals surface area contributed by atoms with E-state index in [1.165, 1.54) is 6.42 Å². The maximum Gasteiger partial charge on any atom is 0.206 e. The molecule has 0 saturated carbocycles. The van der Waals surface area contributed by atoms with Gasteiger partial charge in [0, 0.05) is 17.6 Å². The first-order chi connectivity index (χ1) is 12.2. The van der Waals surface area contributed by atoms with Crippen LogP contribution in [0.1, 0.15) is 31.2 Å². The molecular formula is C20H18Cl2N2O. The predicted molar refractivity (Wildman–Crippen MR) is 105 cm³/mol. The second-order valence-corrected chi connectivity index (χ2v) is 7.07. The molecule has 2 heterocycles. The molecule has 2 aromatic carbocycles. The van der Waals surface area contributed by atoms with E-state index in [1.54, 1.807) is 22.8 Å². The Bertz CT molecular complexity index is 955. The number of nitrogens with zero attached hydrogens (tertiary/aromatic N) is 2. The Kier molecular flexibility index (Phi) is 4.45. The first kappa shape index (κ1) is 16.5. The smallest absolute Gasteiger partial charge is 0.206 e. The Morgan fingerprint density at radius 1 is 0.920 bits per heavy atom. The summed E-state index contributed by atoms with van der Waals surface area (Å²) in [5.74, 6) is 0.150. The summed E-state index contributed by atoms with van der Waals surface area (Å²) in [4.78, 5) is 4.73. The zero-order valence-corrected chi connectivity index (χ0v) is 15.2. The maximum absolute atomic E-state index is 11.1.